The molecule has 1 aromatic rings. The number of hydrogen-bond acceptors (Lipinski definition) is 2. The van der Waals surface area contributed by atoms with Crippen molar-refractivity contribution < 1.29 is 13.6 Å². The third-order valence-electron chi connectivity index (χ3n) is 3.59. The minimum atomic E-state index is -0.888. The van der Waals surface area contributed by atoms with Crippen molar-refractivity contribution in [2.45, 2.75) is 39.4 Å². The normalized spacial score (nSPS) is 22.9. The van der Waals surface area contributed by atoms with E-state index in [0.29, 0.717) is 12.1 Å². The lowest BCUT2D eigenvalue weighted by atomic mass is 10.1. The van der Waals surface area contributed by atoms with Gasteiger partial charge in [-0.3, -0.25) is 10.1 Å². The average molecular weight is 282 g/mol. The number of hydrogen-bond donors (Lipinski definition) is 1. The molecular weight excluding hydrogens is 262 g/mol. The molecule has 0 saturated carbocycles. The molecule has 1 fully saturated rings. The number of benzene rings is 1. The monoisotopic (exact) mass is 282 g/mol. The first-order chi connectivity index (χ1) is 9.45. The van der Waals surface area contributed by atoms with Crippen molar-refractivity contribution in [3.05, 3.63) is 35.4 Å². The molecule has 0 bridgehead atoms. The Hall–Kier alpha value is -1.49. The maximum atomic E-state index is 13.4. The fourth-order valence-corrected chi connectivity index (χ4v) is 2.55. The molecule has 3 nitrogen and oxygen atoms in total. The highest BCUT2D eigenvalue weighted by atomic mass is 19.2. The summed E-state index contributed by atoms with van der Waals surface area (Å²) in [5, 5.41) is 3.23. The molecule has 20 heavy (non-hydrogen) atoms. The van der Waals surface area contributed by atoms with Gasteiger partial charge in [0, 0.05) is 6.54 Å². The Morgan fingerprint density at radius 2 is 2.00 bits per heavy atom. The van der Waals surface area contributed by atoms with Crippen LogP contribution in [-0.2, 0) is 4.79 Å². The maximum absolute atomic E-state index is 13.4. The van der Waals surface area contributed by atoms with Gasteiger partial charge >= 0.3 is 0 Å². The quantitative estimate of drug-likeness (QED) is 0.921. The van der Waals surface area contributed by atoms with Gasteiger partial charge in [0.15, 0.2) is 11.6 Å². The molecule has 1 heterocycles. The summed E-state index contributed by atoms with van der Waals surface area (Å²) in [5.74, 6) is -1.59. The van der Waals surface area contributed by atoms with Gasteiger partial charge in [0.1, 0.15) is 6.17 Å². The van der Waals surface area contributed by atoms with Crippen LogP contribution >= 0.6 is 0 Å². The highest BCUT2D eigenvalue weighted by Gasteiger charge is 2.40. The predicted molar refractivity (Wildman–Crippen MR) is 72.9 cm³/mol. The number of carbonyl (C=O) groups is 1. The van der Waals surface area contributed by atoms with E-state index in [1.54, 1.807) is 4.90 Å². The smallest absolute Gasteiger partial charge is 0.241 e. The van der Waals surface area contributed by atoms with E-state index in [4.69, 9.17) is 0 Å². The Labute approximate surface area is 118 Å². The van der Waals surface area contributed by atoms with E-state index in [1.807, 2.05) is 20.8 Å². The first-order valence-corrected chi connectivity index (χ1v) is 6.97. The molecule has 1 saturated heterocycles. The van der Waals surface area contributed by atoms with E-state index in [1.165, 1.54) is 6.07 Å². The van der Waals surface area contributed by atoms with Gasteiger partial charge in [-0.2, -0.15) is 0 Å². The van der Waals surface area contributed by atoms with Crippen molar-refractivity contribution in [1.82, 2.24) is 10.2 Å². The lowest BCUT2D eigenvalue weighted by Gasteiger charge is -2.24. The number of nitrogens with zero attached hydrogens (tertiary/aromatic N) is 1. The number of carbonyl (C=O) groups excluding carboxylic acids is 1. The van der Waals surface area contributed by atoms with Crippen LogP contribution in [-0.4, -0.2) is 23.4 Å². The van der Waals surface area contributed by atoms with Crippen LogP contribution in [0.3, 0.4) is 0 Å². The van der Waals surface area contributed by atoms with Crippen LogP contribution in [0.4, 0.5) is 8.78 Å². The second-order valence-corrected chi connectivity index (χ2v) is 5.50. The van der Waals surface area contributed by atoms with Crippen LogP contribution in [0.1, 0.15) is 38.9 Å². The minimum absolute atomic E-state index is 0.0246. The van der Waals surface area contributed by atoms with Crippen molar-refractivity contribution in [1.29, 1.82) is 0 Å². The number of nitrogens with one attached hydrogen (secondary N) is 1. The summed E-state index contributed by atoms with van der Waals surface area (Å²) in [6, 6.07) is 3.50. The number of rotatable bonds is 4. The molecule has 1 amide bonds. The molecule has 110 valence electrons. The first kappa shape index (κ1) is 14.9. The molecular formula is C15H20F2N2O. The van der Waals surface area contributed by atoms with Crippen molar-refractivity contribution >= 4 is 5.91 Å². The van der Waals surface area contributed by atoms with Crippen LogP contribution in [0.15, 0.2) is 18.2 Å². The molecule has 0 radical (unpaired) electrons. The summed E-state index contributed by atoms with van der Waals surface area (Å²) in [7, 11) is 0. The summed E-state index contributed by atoms with van der Waals surface area (Å²) >= 11 is 0. The fraction of sp³-hybridized carbons (Fsp3) is 0.533. The van der Waals surface area contributed by atoms with Crippen molar-refractivity contribution in [2.75, 3.05) is 6.54 Å². The van der Waals surface area contributed by atoms with Gasteiger partial charge in [-0.15, -0.1) is 0 Å². The summed E-state index contributed by atoms with van der Waals surface area (Å²) in [5.41, 5.74) is 0.578. The molecule has 0 spiro atoms. The third kappa shape index (κ3) is 2.68. The maximum Gasteiger partial charge on any atom is 0.241 e. The van der Waals surface area contributed by atoms with E-state index in [9.17, 15) is 13.6 Å². The van der Waals surface area contributed by atoms with Gasteiger partial charge in [-0.05, 0) is 30.0 Å². The molecule has 2 unspecified atom stereocenters. The average Bonchev–Trinajstić information content (AvgIpc) is 2.72. The van der Waals surface area contributed by atoms with Gasteiger partial charge in [-0.1, -0.05) is 26.8 Å². The van der Waals surface area contributed by atoms with Crippen molar-refractivity contribution in [2.24, 2.45) is 5.92 Å². The molecule has 1 N–H and O–H groups in total. The van der Waals surface area contributed by atoms with Gasteiger partial charge in [0.05, 0.1) is 6.04 Å². The molecule has 0 aliphatic carbocycles. The summed E-state index contributed by atoms with van der Waals surface area (Å²) < 4.78 is 26.4. The zero-order valence-corrected chi connectivity index (χ0v) is 12.0. The van der Waals surface area contributed by atoms with Crippen LogP contribution in [0.25, 0.3) is 0 Å². The van der Waals surface area contributed by atoms with E-state index in [-0.39, 0.29) is 24.0 Å². The topological polar surface area (TPSA) is 32.3 Å². The lowest BCUT2D eigenvalue weighted by Crippen LogP contribution is -2.34. The minimum Gasteiger partial charge on any atom is -0.322 e. The number of amides is 1. The largest absolute Gasteiger partial charge is 0.322 e. The summed E-state index contributed by atoms with van der Waals surface area (Å²) in [6.45, 7) is 6.51. The Morgan fingerprint density at radius 3 is 2.55 bits per heavy atom. The standard InChI is InChI=1S/C15H20F2N2O/c1-4-7-19-14(18-13(9(2)3)15(19)20)10-5-6-11(16)12(17)8-10/h5-6,8-9,13-14,18H,4,7H2,1-3H3. The van der Waals surface area contributed by atoms with Gasteiger partial charge < -0.3 is 4.90 Å². The summed E-state index contributed by atoms with van der Waals surface area (Å²) in [6.07, 6.45) is 0.434. The van der Waals surface area contributed by atoms with Crippen molar-refractivity contribution in [3.63, 3.8) is 0 Å². The van der Waals surface area contributed by atoms with Gasteiger partial charge in [0.25, 0.3) is 0 Å². The molecule has 5 heteroatoms. The molecule has 1 aromatic carbocycles. The van der Waals surface area contributed by atoms with Gasteiger partial charge in [-0.25, -0.2) is 8.78 Å². The molecule has 2 rings (SSSR count). The van der Waals surface area contributed by atoms with E-state index in [0.717, 1.165) is 18.6 Å². The molecule has 1 aliphatic rings. The third-order valence-corrected chi connectivity index (χ3v) is 3.59. The number of halogens is 2. The Bertz CT molecular complexity index is 505. The van der Waals surface area contributed by atoms with E-state index >= 15 is 0 Å². The van der Waals surface area contributed by atoms with E-state index < -0.39 is 11.6 Å². The molecule has 1 aliphatic heterocycles. The van der Waals surface area contributed by atoms with Crippen LogP contribution in [0, 0.1) is 17.6 Å². The Balaban J connectivity index is 2.32. The second kappa shape index (κ2) is 5.87. The zero-order valence-electron chi connectivity index (χ0n) is 12.0. The summed E-state index contributed by atoms with van der Waals surface area (Å²) in [4.78, 5) is 14.1. The zero-order chi connectivity index (χ0) is 14.9. The highest BCUT2D eigenvalue weighted by Crippen LogP contribution is 2.29. The predicted octanol–water partition coefficient (Wildman–Crippen LogP) is 2.83. The van der Waals surface area contributed by atoms with Crippen LogP contribution < -0.4 is 5.32 Å². The second-order valence-electron chi connectivity index (χ2n) is 5.50. The first-order valence-electron chi connectivity index (χ1n) is 6.97. The Kier molecular flexibility index (Phi) is 4.38. The highest BCUT2D eigenvalue weighted by molar-refractivity contribution is 5.84. The fourth-order valence-electron chi connectivity index (χ4n) is 2.55. The Morgan fingerprint density at radius 1 is 1.30 bits per heavy atom. The van der Waals surface area contributed by atoms with Gasteiger partial charge in [0.2, 0.25) is 5.91 Å². The molecule has 2 atom stereocenters. The lowest BCUT2D eigenvalue weighted by molar-refractivity contribution is -0.130. The SMILES string of the molecule is CCCN1C(=O)C(C(C)C)NC1c1ccc(F)c(F)c1. The van der Waals surface area contributed by atoms with Crippen LogP contribution in [0.5, 0.6) is 0 Å². The van der Waals surface area contributed by atoms with E-state index in [2.05, 4.69) is 5.32 Å². The van der Waals surface area contributed by atoms with Crippen molar-refractivity contribution in [3.8, 4) is 0 Å². The van der Waals surface area contributed by atoms with Crippen LogP contribution in [0.2, 0.25) is 0 Å². The molecule has 0 aromatic heterocycles.